The van der Waals surface area contributed by atoms with Gasteiger partial charge in [-0.15, -0.1) is 11.8 Å². The van der Waals surface area contributed by atoms with Gasteiger partial charge in [0, 0.05) is 17.5 Å². The molecule has 0 fully saturated rings. The van der Waals surface area contributed by atoms with E-state index in [9.17, 15) is 4.39 Å². The van der Waals surface area contributed by atoms with Crippen LogP contribution in [0.3, 0.4) is 0 Å². The summed E-state index contributed by atoms with van der Waals surface area (Å²) >= 11 is 7.40. The lowest BCUT2D eigenvalue weighted by atomic mass is 10.1. The second kappa shape index (κ2) is 7.11. The Hall–Kier alpha value is -1.03. The van der Waals surface area contributed by atoms with Crippen LogP contribution in [0.25, 0.3) is 0 Å². The molecule has 20 heavy (non-hydrogen) atoms. The van der Waals surface area contributed by atoms with Crippen LogP contribution >= 0.6 is 23.4 Å². The Morgan fingerprint density at radius 2 is 1.90 bits per heavy atom. The van der Waals surface area contributed by atoms with E-state index in [-0.39, 0.29) is 16.9 Å². The summed E-state index contributed by atoms with van der Waals surface area (Å²) in [6, 6.07) is 13.6. The summed E-state index contributed by atoms with van der Waals surface area (Å²) in [4.78, 5) is 1.25. The fourth-order valence-electron chi connectivity index (χ4n) is 1.93. The summed E-state index contributed by atoms with van der Waals surface area (Å²) in [5, 5.41) is 3.54. The van der Waals surface area contributed by atoms with E-state index in [0.717, 1.165) is 5.56 Å². The summed E-state index contributed by atoms with van der Waals surface area (Å²) in [5.41, 5.74) is 2.11. The predicted octanol–water partition coefficient (Wildman–Crippen LogP) is 5.05. The lowest BCUT2D eigenvalue weighted by molar-refractivity contribution is 0.569. The molecule has 1 nitrogen and oxygen atoms in total. The smallest absolute Gasteiger partial charge is 0.142 e. The number of benzene rings is 2. The standard InChI is InChI=1S/C16H17ClFNS/c1-11(13-4-6-14(20-2)7-5-13)19-10-12-3-8-15(17)16(18)9-12/h3-9,11,19H,10H2,1-2H3. The molecule has 1 unspecified atom stereocenters. The quantitative estimate of drug-likeness (QED) is 0.775. The van der Waals surface area contributed by atoms with E-state index in [4.69, 9.17) is 11.6 Å². The minimum atomic E-state index is -0.372. The van der Waals surface area contributed by atoms with Gasteiger partial charge in [-0.05, 0) is 48.6 Å². The molecule has 1 N–H and O–H groups in total. The fourth-order valence-corrected chi connectivity index (χ4v) is 2.46. The normalized spacial score (nSPS) is 12.4. The van der Waals surface area contributed by atoms with Crippen LogP contribution in [0.5, 0.6) is 0 Å². The van der Waals surface area contributed by atoms with Gasteiger partial charge in [-0.25, -0.2) is 4.39 Å². The molecule has 0 aliphatic rings. The van der Waals surface area contributed by atoms with Crippen LogP contribution in [0.4, 0.5) is 4.39 Å². The zero-order valence-electron chi connectivity index (χ0n) is 11.5. The molecular weight excluding hydrogens is 293 g/mol. The Bertz CT molecular complexity index is 571. The first-order chi connectivity index (χ1) is 9.60. The second-order valence-electron chi connectivity index (χ2n) is 4.62. The van der Waals surface area contributed by atoms with Crippen molar-refractivity contribution in [2.24, 2.45) is 0 Å². The van der Waals surface area contributed by atoms with Gasteiger partial charge < -0.3 is 5.32 Å². The highest BCUT2D eigenvalue weighted by molar-refractivity contribution is 7.98. The molecule has 0 aliphatic heterocycles. The van der Waals surface area contributed by atoms with Crippen molar-refractivity contribution >= 4 is 23.4 Å². The monoisotopic (exact) mass is 309 g/mol. The van der Waals surface area contributed by atoms with E-state index in [0.29, 0.717) is 6.54 Å². The van der Waals surface area contributed by atoms with Crippen molar-refractivity contribution in [1.82, 2.24) is 5.32 Å². The number of thioether (sulfide) groups is 1. The third kappa shape index (κ3) is 3.98. The number of halogens is 2. The minimum Gasteiger partial charge on any atom is -0.306 e. The van der Waals surface area contributed by atoms with E-state index in [2.05, 4.69) is 42.8 Å². The summed E-state index contributed by atoms with van der Waals surface area (Å²) < 4.78 is 13.3. The molecule has 2 aromatic rings. The number of hydrogen-bond donors (Lipinski definition) is 1. The molecule has 1 atom stereocenters. The molecule has 0 bridgehead atoms. The lowest BCUT2D eigenvalue weighted by Crippen LogP contribution is -2.18. The fraction of sp³-hybridized carbons (Fsp3) is 0.250. The van der Waals surface area contributed by atoms with E-state index < -0.39 is 0 Å². The molecule has 0 heterocycles. The van der Waals surface area contributed by atoms with Crippen LogP contribution in [0.2, 0.25) is 5.02 Å². The average Bonchev–Trinajstić information content (AvgIpc) is 2.48. The van der Waals surface area contributed by atoms with Crippen LogP contribution in [0, 0.1) is 5.82 Å². The van der Waals surface area contributed by atoms with Gasteiger partial charge in [0.05, 0.1) is 5.02 Å². The Kier molecular flexibility index (Phi) is 5.46. The van der Waals surface area contributed by atoms with Crippen LogP contribution < -0.4 is 5.32 Å². The molecule has 4 heteroatoms. The molecule has 0 saturated carbocycles. The largest absolute Gasteiger partial charge is 0.306 e. The average molecular weight is 310 g/mol. The summed E-state index contributed by atoms with van der Waals surface area (Å²) in [7, 11) is 0. The van der Waals surface area contributed by atoms with Crippen LogP contribution in [-0.2, 0) is 6.54 Å². The van der Waals surface area contributed by atoms with E-state index >= 15 is 0 Å². The maximum absolute atomic E-state index is 13.3. The molecule has 0 aliphatic carbocycles. The van der Waals surface area contributed by atoms with Crippen molar-refractivity contribution in [3.63, 3.8) is 0 Å². The van der Waals surface area contributed by atoms with Gasteiger partial charge in [-0.1, -0.05) is 29.8 Å². The van der Waals surface area contributed by atoms with Crippen LogP contribution in [0.1, 0.15) is 24.1 Å². The summed E-state index contributed by atoms with van der Waals surface area (Å²) in [6.07, 6.45) is 2.06. The van der Waals surface area contributed by atoms with E-state index in [1.807, 2.05) is 6.07 Å². The van der Waals surface area contributed by atoms with E-state index in [1.54, 1.807) is 17.8 Å². The number of rotatable bonds is 5. The molecule has 0 saturated heterocycles. The molecule has 106 valence electrons. The first-order valence-corrected chi connectivity index (χ1v) is 8.01. The molecular formula is C16H17ClFNS. The third-order valence-corrected chi connectivity index (χ3v) is 4.26. The van der Waals surface area contributed by atoms with Crippen molar-refractivity contribution < 1.29 is 4.39 Å². The molecule has 2 aromatic carbocycles. The minimum absolute atomic E-state index is 0.162. The molecule has 2 rings (SSSR count). The zero-order chi connectivity index (χ0) is 14.5. The Morgan fingerprint density at radius 1 is 1.20 bits per heavy atom. The zero-order valence-corrected chi connectivity index (χ0v) is 13.1. The summed E-state index contributed by atoms with van der Waals surface area (Å²) in [6.45, 7) is 2.71. The van der Waals surface area contributed by atoms with Crippen LogP contribution in [-0.4, -0.2) is 6.26 Å². The Balaban J connectivity index is 1.96. The highest BCUT2D eigenvalue weighted by atomic mass is 35.5. The molecule has 0 aromatic heterocycles. The maximum atomic E-state index is 13.3. The van der Waals surface area contributed by atoms with Gasteiger partial charge in [0.1, 0.15) is 5.82 Å². The van der Waals surface area contributed by atoms with Crippen molar-refractivity contribution in [3.05, 3.63) is 64.4 Å². The van der Waals surface area contributed by atoms with Gasteiger partial charge in [0.2, 0.25) is 0 Å². The first kappa shape index (κ1) is 15.4. The third-order valence-electron chi connectivity index (χ3n) is 3.21. The van der Waals surface area contributed by atoms with Crippen molar-refractivity contribution in [1.29, 1.82) is 0 Å². The number of hydrogen-bond acceptors (Lipinski definition) is 2. The van der Waals surface area contributed by atoms with Gasteiger partial charge in [0.15, 0.2) is 0 Å². The lowest BCUT2D eigenvalue weighted by Gasteiger charge is -2.15. The van der Waals surface area contributed by atoms with Gasteiger partial charge in [-0.3, -0.25) is 0 Å². The number of nitrogens with one attached hydrogen (secondary N) is 1. The Labute approximate surface area is 128 Å². The summed E-state index contributed by atoms with van der Waals surface area (Å²) in [5.74, 6) is -0.372. The highest BCUT2D eigenvalue weighted by Gasteiger charge is 2.06. The van der Waals surface area contributed by atoms with Crippen molar-refractivity contribution in [2.75, 3.05) is 6.26 Å². The SMILES string of the molecule is CSc1ccc(C(C)NCc2ccc(Cl)c(F)c2)cc1. The maximum Gasteiger partial charge on any atom is 0.142 e. The van der Waals surface area contributed by atoms with Crippen molar-refractivity contribution in [2.45, 2.75) is 24.4 Å². The second-order valence-corrected chi connectivity index (χ2v) is 5.91. The van der Waals surface area contributed by atoms with E-state index in [1.165, 1.54) is 16.5 Å². The highest BCUT2D eigenvalue weighted by Crippen LogP contribution is 2.20. The topological polar surface area (TPSA) is 12.0 Å². The van der Waals surface area contributed by atoms with Gasteiger partial charge in [-0.2, -0.15) is 0 Å². The van der Waals surface area contributed by atoms with Crippen LogP contribution in [0.15, 0.2) is 47.4 Å². The van der Waals surface area contributed by atoms with Gasteiger partial charge >= 0.3 is 0 Å². The van der Waals surface area contributed by atoms with Gasteiger partial charge in [0.25, 0.3) is 0 Å². The molecule has 0 amide bonds. The first-order valence-electron chi connectivity index (χ1n) is 6.41. The molecule has 0 radical (unpaired) electrons. The Morgan fingerprint density at radius 3 is 2.50 bits per heavy atom. The molecule has 0 spiro atoms. The predicted molar refractivity (Wildman–Crippen MR) is 84.9 cm³/mol. The van der Waals surface area contributed by atoms with Crippen molar-refractivity contribution in [3.8, 4) is 0 Å².